The summed E-state index contributed by atoms with van der Waals surface area (Å²) in [6.07, 6.45) is 0.407. The van der Waals surface area contributed by atoms with Crippen LogP contribution in [0.5, 0.6) is 5.75 Å². The molecular formula is C31H36F3N3O8. The molecule has 2 bridgehead atoms. The molecule has 0 N–H and O–H groups in total. The van der Waals surface area contributed by atoms with E-state index in [9.17, 15) is 18.0 Å². The van der Waals surface area contributed by atoms with Crippen LogP contribution < -0.4 is 10.4 Å². The molecule has 1 spiro atoms. The van der Waals surface area contributed by atoms with Crippen LogP contribution in [0.15, 0.2) is 39.7 Å². The van der Waals surface area contributed by atoms with Crippen molar-refractivity contribution in [3.05, 3.63) is 52.1 Å². The Morgan fingerprint density at radius 1 is 1.09 bits per heavy atom. The molecule has 1 aromatic carbocycles. The van der Waals surface area contributed by atoms with Crippen LogP contribution in [0.1, 0.15) is 57.7 Å². The lowest BCUT2D eigenvalue weighted by atomic mass is 9.58. The molecule has 1 saturated carbocycles. The fourth-order valence-corrected chi connectivity index (χ4v) is 7.63. The van der Waals surface area contributed by atoms with Crippen LogP contribution in [-0.4, -0.2) is 52.2 Å². The zero-order valence-corrected chi connectivity index (χ0v) is 25.2. The highest BCUT2D eigenvalue weighted by Gasteiger charge is 2.69. The highest BCUT2D eigenvalue weighted by atomic mass is 19.4. The third-order valence-corrected chi connectivity index (χ3v) is 9.93. The molecule has 45 heavy (non-hydrogen) atoms. The minimum Gasteiger partial charge on any atom is -0.492 e. The molecule has 0 amide bonds. The minimum absolute atomic E-state index is 0.0712. The molecule has 0 unspecified atom stereocenters. The number of halogens is 3. The Hall–Kier alpha value is -3.04. The van der Waals surface area contributed by atoms with Crippen LogP contribution in [0, 0.1) is 23.7 Å². The number of fused-ring (bicyclic) bond motifs is 3. The molecule has 8 rings (SSSR count). The molecule has 0 radical (unpaired) electrons. The Bertz CT molecular complexity index is 1610. The summed E-state index contributed by atoms with van der Waals surface area (Å²) in [5, 5.41) is 8.14. The van der Waals surface area contributed by atoms with E-state index in [-0.39, 0.29) is 41.1 Å². The molecule has 14 heteroatoms. The largest absolute Gasteiger partial charge is 0.492 e. The quantitative estimate of drug-likeness (QED) is 0.240. The van der Waals surface area contributed by atoms with Crippen LogP contribution >= 0.6 is 0 Å². The summed E-state index contributed by atoms with van der Waals surface area (Å²) < 4.78 is 71.3. The van der Waals surface area contributed by atoms with E-state index in [0.717, 1.165) is 31.4 Å². The van der Waals surface area contributed by atoms with Gasteiger partial charge in [-0.25, -0.2) is 19.3 Å². The van der Waals surface area contributed by atoms with Crippen molar-refractivity contribution < 1.29 is 46.3 Å². The van der Waals surface area contributed by atoms with Crippen LogP contribution in [-0.2, 0) is 43.1 Å². The van der Waals surface area contributed by atoms with Crippen molar-refractivity contribution in [1.29, 1.82) is 0 Å². The standard InChI is InChI=1S/C31H36F3N3O8/c1-17-4-7-23-18(2)27(42-28-30(23)22(17)8-10-29(3,43-28)44-45-30)40-12-9-19-16-37(36-35-19)11-13-39-20-5-6-21-24(31(32,33)34)15-26(38)41-25(21)14-20/h5-6,14-18,22-23,27-28H,4,7-13H2,1-3H3/t17-,18-,22+,23+,27+,28-,29-,30-/m1/s1. The molecule has 2 aromatic heterocycles. The summed E-state index contributed by atoms with van der Waals surface area (Å²) in [6, 6.07) is 4.34. The van der Waals surface area contributed by atoms with Gasteiger partial charge in [-0.05, 0) is 50.2 Å². The van der Waals surface area contributed by atoms with Gasteiger partial charge in [0.1, 0.15) is 17.9 Å². The Labute approximate surface area is 256 Å². The van der Waals surface area contributed by atoms with Gasteiger partial charge in [-0.2, -0.15) is 13.2 Å². The molecule has 4 aliphatic heterocycles. The van der Waals surface area contributed by atoms with Crippen molar-refractivity contribution in [3.63, 3.8) is 0 Å². The lowest BCUT2D eigenvalue weighted by molar-refractivity contribution is -0.577. The number of rotatable bonds is 8. The number of benzene rings is 1. The average molecular weight is 636 g/mol. The molecule has 11 nitrogen and oxygen atoms in total. The third-order valence-electron chi connectivity index (χ3n) is 9.93. The predicted molar refractivity (Wildman–Crippen MR) is 149 cm³/mol. The second kappa shape index (κ2) is 11.3. The van der Waals surface area contributed by atoms with Gasteiger partial charge < -0.3 is 23.4 Å². The van der Waals surface area contributed by atoms with Gasteiger partial charge in [-0.1, -0.05) is 19.1 Å². The van der Waals surface area contributed by atoms with Crippen molar-refractivity contribution >= 4 is 11.0 Å². The van der Waals surface area contributed by atoms with Gasteiger partial charge in [0.15, 0.2) is 18.2 Å². The van der Waals surface area contributed by atoms with Gasteiger partial charge in [0, 0.05) is 48.4 Å². The van der Waals surface area contributed by atoms with Gasteiger partial charge in [-0.15, -0.1) is 5.10 Å². The molecule has 8 atom stereocenters. The van der Waals surface area contributed by atoms with Crippen LogP contribution in [0.3, 0.4) is 0 Å². The first-order chi connectivity index (χ1) is 21.4. The maximum Gasteiger partial charge on any atom is 0.417 e. The third kappa shape index (κ3) is 5.54. The Morgan fingerprint density at radius 2 is 1.93 bits per heavy atom. The summed E-state index contributed by atoms with van der Waals surface area (Å²) in [4.78, 5) is 23.7. The maximum absolute atomic E-state index is 13.3. The normalized spacial score (nSPS) is 34.4. The molecule has 3 aromatic rings. The van der Waals surface area contributed by atoms with E-state index in [1.807, 2.05) is 6.92 Å². The van der Waals surface area contributed by atoms with Crippen molar-refractivity contribution in [2.24, 2.45) is 23.7 Å². The number of hydrogen-bond acceptors (Lipinski definition) is 10. The Kier molecular flexibility index (Phi) is 7.71. The lowest BCUT2D eigenvalue weighted by Crippen LogP contribution is -2.70. The molecule has 244 valence electrons. The van der Waals surface area contributed by atoms with Crippen molar-refractivity contribution in [2.75, 3.05) is 13.2 Å². The lowest BCUT2D eigenvalue weighted by Gasteiger charge is -2.60. The Morgan fingerprint density at radius 3 is 2.76 bits per heavy atom. The summed E-state index contributed by atoms with van der Waals surface area (Å²) in [5.41, 5.74) is -2.24. The van der Waals surface area contributed by atoms with Crippen LogP contribution in [0.25, 0.3) is 11.0 Å². The smallest absolute Gasteiger partial charge is 0.417 e. The van der Waals surface area contributed by atoms with E-state index in [0.29, 0.717) is 31.6 Å². The van der Waals surface area contributed by atoms with E-state index < -0.39 is 41.3 Å². The van der Waals surface area contributed by atoms with Crippen LogP contribution in [0.4, 0.5) is 13.2 Å². The van der Waals surface area contributed by atoms with E-state index in [1.54, 1.807) is 10.9 Å². The number of aromatic nitrogens is 3. The SMILES string of the molecule is C[C@H]1[C@@H](OCCc2cn(CCOc3ccc4c(C(F)(F)F)cc(=O)oc4c3)nn2)O[C@@H]2O[C@@]3(C)CC[C@H]4[C@H](C)CC[C@@H]1[C@@]24OO3. The number of nitrogens with zero attached hydrogens (tertiary/aromatic N) is 3. The molecule has 1 aliphatic carbocycles. The molecule has 5 fully saturated rings. The zero-order chi connectivity index (χ0) is 31.6. The van der Waals surface area contributed by atoms with E-state index in [2.05, 4.69) is 24.2 Å². The molecule has 4 saturated heterocycles. The highest BCUT2D eigenvalue weighted by molar-refractivity contribution is 5.82. The minimum atomic E-state index is -4.68. The molecule has 6 heterocycles. The van der Waals surface area contributed by atoms with E-state index >= 15 is 0 Å². The molecule has 5 aliphatic rings. The Balaban J connectivity index is 0.933. The topological polar surface area (TPSA) is 116 Å². The first-order valence-electron chi connectivity index (χ1n) is 15.4. The zero-order valence-electron chi connectivity index (χ0n) is 25.2. The van der Waals surface area contributed by atoms with Gasteiger partial charge in [0.05, 0.1) is 24.4 Å². The first kappa shape index (κ1) is 30.6. The monoisotopic (exact) mass is 635 g/mol. The fourth-order valence-electron chi connectivity index (χ4n) is 7.63. The van der Waals surface area contributed by atoms with Gasteiger partial charge in [0.25, 0.3) is 0 Å². The van der Waals surface area contributed by atoms with Gasteiger partial charge in [0.2, 0.25) is 5.79 Å². The highest BCUT2D eigenvalue weighted by Crippen LogP contribution is 2.60. The number of alkyl halides is 3. The van der Waals surface area contributed by atoms with E-state index in [4.69, 9.17) is 33.1 Å². The number of hydrogen-bond donors (Lipinski definition) is 0. The van der Waals surface area contributed by atoms with Crippen LogP contribution in [0.2, 0.25) is 0 Å². The first-order valence-corrected chi connectivity index (χ1v) is 15.4. The van der Waals surface area contributed by atoms with Crippen molar-refractivity contribution in [1.82, 2.24) is 15.0 Å². The number of ether oxygens (including phenoxy) is 4. The second-order valence-electron chi connectivity index (χ2n) is 12.9. The van der Waals surface area contributed by atoms with Crippen molar-refractivity contribution in [2.45, 2.75) is 89.6 Å². The summed E-state index contributed by atoms with van der Waals surface area (Å²) in [6.45, 7) is 7.19. The van der Waals surface area contributed by atoms with Gasteiger partial charge in [-0.3, -0.25) is 0 Å². The second-order valence-corrected chi connectivity index (χ2v) is 12.9. The average Bonchev–Trinajstić information content (AvgIpc) is 3.31. The summed E-state index contributed by atoms with van der Waals surface area (Å²) in [7, 11) is 0. The molecular weight excluding hydrogens is 599 g/mol. The predicted octanol–water partition coefficient (Wildman–Crippen LogP) is 5.25. The summed E-state index contributed by atoms with van der Waals surface area (Å²) in [5.74, 6) is 0.443. The van der Waals surface area contributed by atoms with E-state index in [1.165, 1.54) is 18.2 Å². The summed E-state index contributed by atoms with van der Waals surface area (Å²) >= 11 is 0. The van der Waals surface area contributed by atoms with Gasteiger partial charge >= 0.3 is 11.8 Å². The maximum atomic E-state index is 13.3. The van der Waals surface area contributed by atoms with Crippen molar-refractivity contribution in [3.8, 4) is 5.75 Å². The fraction of sp³-hybridized carbons (Fsp3) is 0.645.